The van der Waals surface area contributed by atoms with Gasteiger partial charge in [-0.3, -0.25) is 19.4 Å². The topological polar surface area (TPSA) is 124 Å². The lowest BCUT2D eigenvalue weighted by atomic mass is 9.98. The van der Waals surface area contributed by atoms with E-state index in [1.807, 2.05) is 24.5 Å². The number of fused-ring (bicyclic) bond motifs is 2. The van der Waals surface area contributed by atoms with Gasteiger partial charge in [-0.1, -0.05) is 19.8 Å². The van der Waals surface area contributed by atoms with Crippen LogP contribution >= 0.6 is 11.3 Å². The number of thiophene rings is 1. The van der Waals surface area contributed by atoms with Gasteiger partial charge >= 0.3 is 12.1 Å². The third kappa shape index (κ3) is 6.72. The van der Waals surface area contributed by atoms with Crippen molar-refractivity contribution in [1.29, 1.82) is 5.26 Å². The summed E-state index contributed by atoms with van der Waals surface area (Å²) in [6.07, 6.45) is 0.180. The average Bonchev–Trinajstić information content (AvgIpc) is 3.63. The van der Waals surface area contributed by atoms with Crippen LogP contribution in [0.15, 0.2) is 17.8 Å². The van der Waals surface area contributed by atoms with Crippen LogP contribution in [0.5, 0.6) is 0 Å². The zero-order valence-electron chi connectivity index (χ0n) is 26.5. The van der Waals surface area contributed by atoms with Gasteiger partial charge in [-0.25, -0.2) is 0 Å². The molecule has 6 atom stereocenters. The van der Waals surface area contributed by atoms with Crippen molar-refractivity contribution in [2.45, 2.75) is 103 Å². The van der Waals surface area contributed by atoms with E-state index in [4.69, 9.17) is 4.74 Å². The van der Waals surface area contributed by atoms with Crippen molar-refractivity contribution >= 4 is 39.1 Å². The fourth-order valence-corrected chi connectivity index (χ4v) is 7.71. The van der Waals surface area contributed by atoms with Gasteiger partial charge in [0.25, 0.3) is 0 Å². The molecule has 1 saturated heterocycles. The fourth-order valence-electron chi connectivity index (χ4n) is 6.80. The Bertz CT molecular complexity index is 1630. The van der Waals surface area contributed by atoms with E-state index >= 15 is 0 Å². The Balaban J connectivity index is 1.29. The van der Waals surface area contributed by atoms with Crippen LogP contribution in [0, 0.1) is 40.4 Å². The molecule has 0 radical (unpaired) electrons. The van der Waals surface area contributed by atoms with E-state index in [0.717, 1.165) is 21.2 Å². The number of likely N-dealkylation sites (tertiary alicyclic amines) is 1. The zero-order chi connectivity index (χ0) is 33.6. The van der Waals surface area contributed by atoms with E-state index < -0.39 is 53.7 Å². The number of hydrogen-bond donors (Lipinski definition) is 2. The van der Waals surface area contributed by atoms with Crippen LogP contribution in [0.25, 0.3) is 10.1 Å². The minimum absolute atomic E-state index is 0.0529. The van der Waals surface area contributed by atoms with Crippen molar-refractivity contribution in [3.8, 4) is 17.9 Å². The van der Waals surface area contributed by atoms with Gasteiger partial charge in [-0.15, -0.1) is 17.3 Å². The quantitative estimate of drug-likeness (QED) is 0.344. The molecule has 246 valence electrons. The van der Waals surface area contributed by atoms with E-state index in [-0.39, 0.29) is 23.8 Å². The number of nitriles is 1. The molecule has 2 N–H and O–H groups in total. The molecule has 1 unspecified atom stereocenters. The number of nitrogens with one attached hydrogen (secondary N) is 2. The largest absolute Gasteiger partial charge is 0.471 e. The molecule has 0 spiro atoms. The van der Waals surface area contributed by atoms with Gasteiger partial charge in [0.15, 0.2) is 0 Å². The highest BCUT2D eigenvalue weighted by Gasteiger charge is 2.70. The number of carbonyl (C=O) groups excluding carboxylic acids is 3. The van der Waals surface area contributed by atoms with Gasteiger partial charge in [0.05, 0.1) is 22.5 Å². The maximum Gasteiger partial charge on any atom is 0.471 e. The van der Waals surface area contributed by atoms with Gasteiger partial charge < -0.3 is 20.3 Å². The average molecular weight is 658 g/mol. The number of piperidine rings is 1. The first-order valence-electron chi connectivity index (χ1n) is 15.4. The molecule has 3 amide bonds. The monoisotopic (exact) mass is 657 g/mol. The zero-order valence-corrected chi connectivity index (χ0v) is 27.3. The summed E-state index contributed by atoms with van der Waals surface area (Å²) in [6.45, 7) is 9.12. The standard InChI is InChI=1S/C33H38F3N5O4S/c1-6-8-20-17-46-23-15-38-14-19(24(20)23)9-7-10-21(13-37)39-28(42)27-25-22(31(25,3)4)16-41(27)29(43)26(40-30(44)33(34,35)36)18(2)45-32(5)11-12-32/h14-15,17-18,21-22,25-27H,7,9-12,16H2,1-5H3,(H,39,42)(H,40,44)/t18-,21?,22+,25+,26+,27+/m1/s1. The number of amides is 3. The molecule has 2 saturated carbocycles. The number of nitrogens with zero attached hydrogens (tertiary/aromatic N) is 3. The summed E-state index contributed by atoms with van der Waals surface area (Å²) in [6, 6.07) is -1.36. The van der Waals surface area contributed by atoms with Crippen molar-refractivity contribution in [3.63, 3.8) is 0 Å². The molecule has 2 aromatic rings. The molecule has 46 heavy (non-hydrogen) atoms. The summed E-state index contributed by atoms with van der Waals surface area (Å²) in [5.41, 5.74) is 1.06. The molecule has 0 bridgehead atoms. The van der Waals surface area contributed by atoms with Crippen LogP contribution in [0.3, 0.4) is 0 Å². The van der Waals surface area contributed by atoms with E-state index in [2.05, 4.69) is 28.2 Å². The number of aryl methyl sites for hydroxylation is 1. The van der Waals surface area contributed by atoms with E-state index in [1.54, 1.807) is 37.6 Å². The highest BCUT2D eigenvalue weighted by Crippen LogP contribution is 2.65. The first-order chi connectivity index (χ1) is 21.6. The molecule has 0 aromatic carbocycles. The highest BCUT2D eigenvalue weighted by molar-refractivity contribution is 7.17. The van der Waals surface area contributed by atoms with Gasteiger partial charge in [0, 0.05) is 35.3 Å². The minimum Gasteiger partial charge on any atom is -0.370 e. The second kappa shape index (κ2) is 12.5. The maximum atomic E-state index is 13.9. The second-order valence-corrected chi connectivity index (χ2v) is 14.3. The normalized spacial score (nSPS) is 24.1. The lowest BCUT2D eigenvalue weighted by Crippen LogP contribution is -2.61. The Morgan fingerprint density at radius 3 is 2.57 bits per heavy atom. The Morgan fingerprint density at radius 2 is 1.93 bits per heavy atom. The molecule has 9 nitrogen and oxygen atoms in total. The molecular formula is C33H38F3N5O4S. The Hall–Kier alpha value is -3.68. The van der Waals surface area contributed by atoms with Crippen LogP contribution in [0.1, 0.15) is 71.4 Å². The van der Waals surface area contributed by atoms with Crippen LogP contribution in [0.4, 0.5) is 13.2 Å². The lowest BCUT2D eigenvalue weighted by molar-refractivity contribution is -0.177. The molecular weight excluding hydrogens is 619 g/mol. The second-order valence-electron chi connectivity index (χ2n) is 13.4. The third-order valence-corrected chi connectivity index (χ3v) is 10.6. The molecule has 2 aliphatic carbocycles. The van der Waals surface area contributed by atoms with Crippen LogP contribution in [0.2, 0.25) is 0 Å². The molecule has 1 aliphatic heterocycles. The minimum atomic E-state index is -5.20. The van der Waals surface area contributed by atoms with Gasteiger partial charge in [0.1, 0.15) is 18.1 Å². The number of ether oxygens (including phenoxy) is 1. The number of rotatable bonds is 11. The molecule has 2 aromatic heterocycles. The van der Waals surface area contributed by atoms with Crippen molar-refractivity contribution in [2.24, 2.45) is 17.3 Å². The number of alkyl halides is 3. The van der Waals surface area contributed by atoms with Crippen LogP contribution in [-0.4, -0.2) is 70.2 Å². The third-order valence-electron chi connectivity index (χ3n) is 9.70. The van der Waals surface area contributed by atoms with E-state index in [9.17, 15) is 32.8 Å². The predicted molar refractivity (Wildman–Crippen MR) is 165 cm³/mol. The number of pyridine rings is 1. The first-order valence-corrected chi connectivity index (χ1v) is 16.3. The smallest absolute Gasteiger partial charge is 0.370 e. The van der Waals surface area contributed by atoms with E-state index in [1.165, 1.54) is 11.8 Å². The summed E-state index contributed by atoms with van der Waals surface area (Å²) < 4.78 is 46.7. The van der Waals surface area contributed by atoms with Gasteiger partial charge in [0.2, 0.25) is 11.8 Å². The fraction of sp³-hybridized carbons (Fsp3) is 0.606. The molecule has 5 rings (SSSR count). The molecule has 3 fully saturated rings. The highest BCUT2D eigenvalue weighted by atomic mass is 32.1. The van der Waals surface area contributed by atoms with Crippen molar-refractivity contribution in [3.05, 3.63) is 28.9 Å². The SMILES string of the molecule is CC#Cc1csc2cncc(CCCC(C#N)NC(=O)[C@@H]3[C@@H]4[C@H](CN3C(=O)[C@@H](NC(=O)C(F)(F)F)[C@@H](C)OC3(C)CC3)C4(C)C)c12. The van der Waals surface area contributed by atoms with Gasteiger partial charge in [-0.2, -0.15) is 18.4 Å². The Morgan fingerprint density at radius 1 is 1.22 bits per heavy atom. The van der Waals surface area contributed by atoms with Gasteiger partial charge in [-0.05, 0) is 75.7 Å². The number of carbonyl (C=O) groups is 3. The molecule has 13 heteroatoms. The summed E-state index contributed by atoms with van der Waals surface area (Å²) in [5, 5.41) is 17.6. The molecule has 3 heterocycles. The van der Waals surface area contributed by atoms with Crippen LogP contribution in [-0.2, 0) is 25.5 Å². The summed E-state index contributed by atoms with van der Waals surface area (Å²) in [7, 11) is 0. The van der Waals surface area contributed by atoms with Crippen molar-refractivity contribution < 1.29 is 32.3 Å². The Kier molecular flexibility index (Phi) is 9.15. The van der Waals surface area contributed by atoms with E-state index in [0.29, 0.717) is 32.1 Å². The summed E-state index contributed by atoms with van der Waals surface area (Å²) in [5.74, 6) is 2.15. The summed E-state index contributed by atoms with van der Waals surface area (Å²) in [4.78, 5) is 45.2. The number of halogens is 3. The molecule has 3 aliphatic rings. The lowest BCUT2D eigenvalue weighted by Gasteiger charge is -2.35. The maximum absolute atomic E-state index is 13.9. The number of aromatic nitrogens is 1. The first kappa shape index (κ1) is 33.7. The summed E-state index contributed by atoms with van der Waals surface area (Å²) >= 11 is 1.56. The van der Waals surface area contributed by atoms with Crippen LogP contribution < -0.4 is 10.6 Å². The Labute approximate surface area is 270 Å². The number of hydrogen-bond acceptors (Lipinski definition) is 7. The van der Waals surface area contributed by atoms with Crippen molar-refractivity contribution in [2.75, 3.05) is 6.54 Å². The predicted octanol–water partition coefficient (Wildman–Crippen LogP) is 4.49. The van der Waals surface area contributed by atoms with Crippen molar-refractivity contribution in [1.82, 2.24) is 20.5 Å².